The number of thiol groups is 1. The Morgan fingerprint density at radius 2 is 1.14 bits per heavy atom. The molecular formula is C25H47N2S2+. The Morgan fingerprint density at radius 1 is 0.759 bits per heavy atom. The molecule has 0 radical (unpaired) electrons. The largest absolute Gasteiger partial charge is 0.399 e. The van der Waals surface area contributed by atoms with Crippen LogP contribution in [0.3, 0.4) is 0 Å². The zero-order chi connectivity index (χ0) is 23.5. The number of hydrogen-bond acceptors (Lipinski definition) is 3. The van der Waals surface area contributed by atoms with Crippen molar-refractivity contribution >= 4 is 30.1 Å². The number of thioether (sulfide) groups is 1. The van der Waals surface area contributed by atoms with Gasteiger partial charge in [0.15, 0.2) is 18.3 Å². The Hall–Kier alpha value is -1.39. The third kappa shape index (κ3) is 31.5. The minimum Gasteiger partial charge on any atom is -0.399 e. The minimum atomic E-state index is 0.822. The lowest BCUT2D eigenvalue weighted by Crippen LogP contribution is -2.30. The quantitative estimate of drug-likeness (QED) is 0.166. The zero-order valence-corrected chi connectivity index (χ0v) is 22.3. The Bertz CT molecular complexity index is 523. The van der Waals surface area contributed by atoms with Crippen molar-refractivity contribution in [2.24, 2.45) is 0 Å². The summed E-state index contributed by atoms with van der Waals surface area (Å²) in [6, 6.07) is 15.6. The molecule has 1 aromatic carbocycles. The summed E-state index contributed by atoms with van der Waals surface area (Å²) in [6.45, 7) is 20.5. The summed E-state index contributed by atoms with van der Waals surface area (Å²) in [4.78, 5) is 0. The van der Waals surface area contributed by atoms with Gasteiger partial charge >= 0.3 is 0 Å². The van der Waals surface area contributed by atoms with Gasteiger partial charge in [-0.1, -0.05) is 88.7 Å². The van der Waals surface area contributed by atoms with E-state index in [2.05, 4.69) is 57.3 Å². The summed E-state index contributed by atoms with van der Waals surface area (Å²) in [5.41, 5.74) is 9.03. The highest BCUT2D eigenvalue weighted by Crippen LogP contribution is 1.99. The van der Waals surface area contributed by atoms with Crippen molar-refractivity contribution in [3.63, 3.8) is 0 Å². The Balaban J connectivity index is -0.000000147. The third-order valence-corrected chi connectivity index (χ3v) is 4.12. The number of allylic oxidation sites excluding steroid dienone is 2. The first-order valence-electron chi connectivity index (χ1n) is 10.5. The highest BCUT2D eigenvalue weighted by molar-refractivity contribution is 8.08. The zero-order valence-electron chi connectivity index (χ0n) is 20.6. The average Bonchev–Trinajstić information content (AvgIpc) is 2.78. The first-order valence-corrected chi connectivity index (χ1v) is 12.3. The van der Waals surface area contributed by atoms with Gasteiger partial charge in [0.1, 0.15) is 0 Å². The molecular weight excluding hydrogens is 392 g/mol. The maximum Gasteiger partial charge on any atom is 0.195 e. The molecule has 29 heavy (non-hydrogen) atoms. The summed E-state index contributed by atoms with van der Waals surface area (Å²) < 4.78 is 2.13. The fourth-order valence-electron chi connectivity index (χ4n) is 1.12. The summed E-state index contributed by atoms with van der Waals surface area (Å²) in [7, 11) is 0. The predicted octanol–water partition coefficient (Wildman–Crippen LogP) is 8.26. The van der Waals surface area contributed by atoms with Gasteiger partial charge in [-0.2, -0.15) is 17.2 Å². The normalized spacial score (nSPS) is 7.69. The number of benzene rings is 1. The molecule has 0 bridgehead atoms. The van der Waals surface area contributed by atoms with Gasteiger partial charge in [-0.15, -0.1) is 0 Å². The molecule has 2 rings (SSSR count). The fourth-order valence-corrected chi connectivity index (χ4v) is 1.83. The van der Waals surface area contributed by atoms with E-state index in [1.807, 2.05) is 90.1 Å². The van der Waals surface area contributed by atoms with E-state index < -0.39 is 0 Å². The van der Waals surface area contributed by atoms with E-state index in [4.69, 9.17) is 5.73 Å². The van der Waals surface area contributed by atoms with Crippen molar-refractivity contribution in [3.05, 3.63) is 72.1 Å². The molecule has 0 atom stereocenters. The van der Waals surface area contributed by atoms with Crippen LogP contribution in [0.2, 0.25) is 0 Å². The van der Waals surface area contributed by atoms with Gasteiger partial charge in [-0.3, -0.25) is 0 Å². The number of nitrogens with two attached hydrogens (primary N) is 1. The molecule has 0 unspecified atom stereocenters. The molecule has 2 nitrogen and oxygen atoms in total. The van der Waals surface area contributed by atoms with Crippen molar-refractivity contribution < 1.29 is 4.57 Å². The van der Waals surface area contributed by atoms with E-state index in [0.29, 0.717) is 0 Å². The standard InChI is InChI=1S/C7H9NS2.C6H7N.C6H12.3C2H6/c9-7-10-6-8-4-2-1-3-5-8;7-6-4-2-1-3-5-6;1-5(2)6(3)4;3*1-2/h1-5H,6-7H2;1-5H,7H2;1-4H3;3*1-2H3/p+1. The molecule has 0 saturated heterocycles. The van der Waals surface area contributed by atoms with Crippen LogP contribution in [0, 0.1) is 0 Å². The summed E-state index contributed by atoms with van der Waals surface area (Å²) in [6.07, 6.45) is 4.10. The topological polar surface area (TPSA) is 29.9 Å². The summed E-state index contributed by atoms with van der Waals surface area (Å²) >= 11 is 5.89. The highest BCUT2D eigenvalue weighted by atomic mass is 32.2. The maximum atomic E-state index is 5.36. The lowest BCUT2D eigenvalue weighted by Gasteiger charge is -1.91. The molecule has 0 amide bonds. The third-order valence-electron chi connectivity index (χ3n) is 2.91. The van der Waals surface area contributed by atoms with Gasteiger partial charge in [0.05, 0.1) is 0 Å². The number of rotatable bonds is 3. The van der Waals surface area contributed by atoms with Gasteiger partial charge in [-0.25, -0.2) is 0 Å². The van der Waals surface area contributed by atoms with Crippen LogP contribution >= 0.6 is 24.4 Å². The van der Waals surface area contributed by atoms with Crippen molar-refractivity contribution in [1.82, 2.24) is 0 Å². The van der Waals surface area contributed by atoms with Gasteiger partial charge in [0, 0.05) is 22.9 Å². The molecule has 0 fully saturated rings. The molecule has 168 valence electrons. The van der Waals surface area contributed by atoms with Crippen molar-refractivity contribution in [3.8, 4) is 0 Å². The number of hydrogen-bond donors (Lipinski definition) is 2. The van der Waals surface area contributed by atoms with Gasteiger partial charge in [0.25, 0.3) is 0 Å². The number of anilines is 1. The second kappa shape index (κ2) is 31.3. The van der Waals surface area contributed by atoms with Crippen LogP contribution in [-0.4, -0.2) is 5.08 Å². The average molecular weight is 440 g/mol. The van der Waals surface area contributed by atoms with Crippen LogP contribution in [0.1, 0.15) is 69.2 Å². The number of nitrogens with zero attached hydrogens (tertiary/aromatic N) is 1. The molecule has 0 saturated carbocycles. The smallest absolute Gasteiger partial charge is 0.195 e. The second-order valence-corrected chi connectivity index (χ2v) is 6.96. The maximum absolute atomic E-state index is 5.36. The van der Waals surface area contributed by atoms with Crippen LogP contribution in [0.4, 0.5) is 5.69 Å². The number of para-hydroxylation sites is 1. The van der Waals surface area contributed by atoms with Crippen LogP contribution in [0.5, 0.6) is 0 Å². The summed E-state index contributed by atoms with van der Waals surface area (Å²) in [5, 5.41) is 0.877. The van der Waals surface area contributed by atoms with E-state index in [0.717, 1.165) is 16.6 Å². The predicted molar refractivity (Wildman–Crippen MR) is 143 cm³/mol. The van der Waals surface area contributed by atoms with Crippen LogP contribution in [0.25, 0.3) is 0 Å². The van der Waals surface area contributed by atoms with Crippen LogP contribution < -0.4 is 10.3 Å². The van der Waals surface area contributed by atoms with E-state index in [-0.39, 0.29) is 0 Å². The fraction of sp³-hybridized carbons (Fsp3) is 0.480. The van der Waals surface area contributed by atoms with Crippen molar-refractivity contribution in [1.29, 1.82) is 0 Å². The molecule has 1 heterocycles. The SMILES string of the molecule is CC.CC.CC.CC(C)=C(C)C.Nc1ccccc1.SCSC[n+]1ccccc1. The van der Waals surface area contributed by atoms with Crippen molar-refractivity contribution in [2.45, 2.75) is 75.1 Å². The molecule has 4 heteroatoms. The molecule has 0 aliphatic heterocycles. The molecule has 2 N–H and O–H groups in total. The summed E-state index contributed by atoms with van der Waals surface area (Å²) in [5.74, 6) is 0.990. The van der Waals surface area contributed by atoms with Gasteiger partial charge in [-0.05, 0) is 39.8 Å². The van der Waals surface area contributed by atoms with Crippen LogP contribution in [-0.2, 0) is 5.88 Å². The molecule has 0 aliphatic rings. The monoisotopic (exact) mass is 439 g/mol. The van der Waals surface area contributed by atoms with E-state index in [1.54, 1.807) is 11.8 Å². The number of pyridine rings is 1. The first kappa shape index (κ1) is 35.1. The van der Waals surface area contributed by atoms with Gasteiger partial charge in [0.2, 0.25) is 0 Å². The molecule has 1 aromatic heterocycles. The highest BCUT2D eigenvalue weighted by Gasteiger charge is 1.93. The first-order chi connectivity index (χ1) is 14.0. The number of nitrogen functional groups attached to an aromatic ring is 1. The second-order valence-electron chi connectivity index (χ2n) is 5.26. The Morgan fingerprint density at radius 3 is 1.41 bits per heavy atom. The van der Waals surface area contributed by atoms with E-state index >= 15 is 0 Å². The number of aromatic nitrogens is 1. The van der Waals surface area contributed by atoms with E-state index in [9.17, 15) is 0 Å². The molecule has 2 aromatic rings. The molecule has 0 spiro atoms. The van der Waals surface area contributed by atoms with E-state index in [1.165, 1.54) is 11.1 Å². The Labute approximate surface area is 192 Å². The van der Waals surface area contributed by atoms with Crippen LogP contribution in [0.15, 0.2) is 72.1 Å². The van der Waals surface area contributed by atoms with Crippen molar-refractivity contribution in [2.75, 3.05) is 10.8 Å². The lowest BCUT2D eigenvalue weighted by molar-refractivity contribution is -0.675. The lowest BCUT2D eigenvalue weighted by atomic mass is 10.2. The molecule has 0 aliphatic carbocycles. The Kier molecular flexibility index (Phi) is 37.9. The van der Waals surface area contributed by atoms with Gasteiger partial charge < -0.3 is 5.73 Å². The minimum absolute atomic E-state index is 0.822.